The lowest BCUT2D eigenvalue weighted by Crippen LogP contribution is -2.27. The number of imidazole rings is 1. The van der Waals surface area contributed by atoms with Crippen molar-refractivity contribution >= 4 is 37.9 Å². The normalized spacial score (nSPS) is 16.6. The van der Waals surface area contributed by atoms with Crippen molar-refractivity contribution in [3.63, 3.8) is 0 Å². The molecule has 1 N–H and O–H groups in total. The zero-order chi connectivity index (χ0) is 15.3. The molecule has 0 aliphatic carbocycles. The molecular formula is C15H13BrFN3O2. The third-order valence-electron chi connectivity index (χ3n) is 4.14. The number of halogens is 2. The summed E-state index contributed by atoms with van der Waals surface area (Å²) in [6.45, 7) is 1.29. The number of aromatic nitrogens is 3. The molecule has 1 aliphatic rings. The maximum atomic E-state index is 13.7. The van der Waals surface area contributed by atoms with E-state index in [1.807, 2.05) is 0 Å². The Morgan fingerprint density at radius 2 is 2.14 bits per heavy atom. The van der Waals surface area contributed by atoms with Gasteiger partial charge in [-0.3, -0.25) is 9.55 Å². The van der Waals surface area contributed by atoms with E-state index in [-0.39, 0.29) is 17.5 Å². The second-order valence-electron chi connectivity index (χ2n) is 5.45. The molecule has 0 atom stereocenters. The van der Waals surface area contributed by atoms with Crippen molar-refractivity contribution in [1.29, 1.82) is 0 Å². The van der Waals surface area contributed by atoms with Gasteiger partial charge in [0.15, 0.2) is 0 Å². The number of ether oxygens (including phenoxy) is 1. The second kappa shape index (κ2) is 5.17. The van der Waals surface area contributed by atoms with E-state index >= 15 is 0 Å². The van der Waals surface area contributed by atoms with E-state index in [0.29, 0.717) is 28.7 Å². The fourth-order valence-electron chi connectivity index (χ4n) is 3.09. The van der Waals surface area contributed by atoms with E-state index < -0.39 is 0 Å². The molecule has 3 heterocycles. The van der Waals surface area contributed by atoms with E-state index in [1.165, 1.54) is 6.07 Å². The Morgan fingerprint density at radius 1 is 1.36 bits per heavy atom. The van der Waals surface area contributed by atoms with Crippen molar-refractivity contribution in [3.8, 4) is 0 Å². The monoisotopic (exact) mass is 365 g/mol. The van der Waals surface area contributed by atoms with Gasteiger partial charge in [0.25, 0.3) is 0 Å². The summed E-state index contributed by atoms with van der Waals surface area (Å²) in [5.41, 5.74) is 1.83. The molecule has 1 saturated heterocycles. The Balaban J connectivity index is 2.06. The first-order chi connectivity index (χ1) is 10.6. The summed E-state index contributed by atoms with van der Waals surface area (Å²) in [4.78, 5) is 19.5. The largest absolute Gasteiger partial charge is 0.381 e. The minimum Gasteiger partial charge on any atom is -0.381 e. The Hall–Kier alpha value is -1.73. The molecule has 22 heavy (non-hydrogen) atoms. The lowest BCUT2D eigenvalue weighted by Gasteiger charge is -2.23. The molecule has 0 amide bonds. The zero-order valence-electron chi connectivity index (χ0n) is 11.6. The van der Waals surface area contributed by atoms with Crippen LogP contribution in [-0.4, -0.2) is 27.7 Å². The molecule has 0 spiro atoms. The van der Waals surface area contributed by atoms with E-state index in [0.717, 1.165) is 23.7 Å². The van der Waals surface area contributed by atoms with Gasteiger partial charge in [0.05, 0.1) is 27.2 Å². The minimum absolute atomic E-state index is 0.0874. The standard InChI is InChI=1S/C15H13BrFN3O2/c16-10-5-9-12(6-11(10)17)18-7-13-14(9)20(15(21)19-13)8-1-3-22-4-2-8/h5-8H,1-4H2,(H,19,21). The predicted octanol–water partition coefficient (Wildman–Crippen LogP) is 3.13. The molecular weight excluding hydrogens is 353 g/mol. The number of nitrogens with zero attached hydrogens (tertiary/aromatic N) is 2. The highest BCUT2D eigenvalue weighted by Gasteiger charge is 2.22. The van der Waals surface area contributed by atoms with Crippen LogP contribution in [0.25, 0.3) is 21.9 Å². The van der Waals surface area contributed by atoms with Crippen LogP contribution in [0.15, 0.2) is 27.6 Å². The van der Waals surface area contributed by atoms with Gasteiger partial charge < -0.3 is 9.72 Å². The minimum atomic E-state index is -0.366. The smallest absolute Gasteiger partial charge is 0.326 e. The Kier molecular flexibility index (Phi) is 3.27. The molecule has 1 fully saturated rings. The van der Waals surface area contributed by atoms with Crippen LogP contribution >= 0.6 is 15.9 Å². The van der Waals surface area contributed by atoms with Crippen molar-refractivity contribution in [2.24, 2.45) is 0 Å². The highest BCUT2D eigenvalue weighted by molar-refractivity contribution is 9.10. The number of aromatic amines is 1. The number of fused-ring (bicyclic) bond motifs is 3. The predicted molar refractivity (Wildman–Crippen MR) is 84.6 cm³/mol. The van der Waals surface area contributed by atoms with E-state index in [4.69, 9.17) is 4.74 Å². The van der Waals surface area contributed by atoms with Gasteiger partial charge in [0.2, 0.25) is 0 Å². The Morgan fingerprint density at radius 3 is 2.91 bits per heavy atom. The average molecular weight is 366 g/mol. The molecule has 7 heteroatoms. The SMILES string of the molecule is O=c1[nH]c2cnc3cc(F)c(Br)cc3c2n1C1CCOCC1. The van der Waals surface area contributed by atoms with E-state index in [9.17, 15) is 9.18 Å². The number of pyridine rings is 1. The first kappa shape index (κ1) is 13.9. The molecule has 2 aromatic heterocycles. The van der Waals surface area contributed by atoms with Crippen LogP contribution in [0.5, 0.6) is 0 Å². The van der Waals surface area contributed by atoms with Crippen LogP contribution in [0.2, 0.25) is 0 Å². The van der Waals surface area contributed by atoms with Crippen LogP contribution in [0.4, 0.5) is 4.39 Å². The molecule has 0 bridgehead atoms. The zero-order valence-corrected chi connectivity index (χ0v) is 13.2. The molecule has 5 nitrogen and oxygen atoms in total. The average Bonchev–Trinajstić information content (AvgIpc) is 2.86. The van der Waals surface area contributed by atoms with Gasteiger partial charge in [-0.15, -0.1) is 0 Å². The fourth-order valence-corrected chi connectivity index (χ4v) is 3.44. The van der Waals surface area contributed by atoms with Gasteiger partial charge in [-0.1, -0.05) is 0 Å². The van der Waals surface area contributed by atoms with Gasteiger partial charge in [-0.05, 0) is 34.8 Å². The molecule has 4 rings (SSSR count). The number of benzene rings is 1. The maximum Gasteiger partial charge on any atom is 0.326 e. The lowest BCUT2D eigenvalue weighted by molar-refractivity contribution is 0.0698. The van der Waals surface area contributed by atoms with Crippen molar-refractivity contribution < 1.29 is 9.13 Å². The van der Waals surface area contributed by atoms with Gasteiger partial charge in [0, 0.05) is 30.7 Å². The van der Waals surface area contributed by atoms with Gasteiger partial charge in [-0.25, -0.2) is 9.18 Å². The van der Waals surface area contributed by atoms with Crippen molar-refractivity contribution in [2.45, 2.75) is 18.9 Å². The topological polar surface area (TPSA) is 59.9 Å². The summed E-state index contributed by atoms with van der Waals surface area (Å²) < 4.78 is 21.2. The first-order valence-electron chi connectivity index (χ1n) is 7.11. The molecule has 3 aromatic rings. The van der Waals surface area contributed by atoms with Gasteiger partial charge in [-0.2, -0.15) is 0 Å². The maximum absolute atomic E-state index is 13.7. The first-order valence-corrected chi connectivity index (χ1v) is 7.90. The number of nitrogens with one attached hydrogen (secondary N) is 1. The van der Waals surface area contributed by atoms with E-state index in [1.54, 1.807) is 16.8 Å². The van der Waals surface area contributed by atoms with Gasteiger partial charge >= 0.3 is 5.69 Å². The molecule has 1 aromatic carbocycles. The second-order valence-corrected chi connectivity index (χ2v) is 6.30. The summed E-state index contributed by atoms with van der Waals surface area (Å²) in [6.07, 6.45) is 3.17. The third-order valence-corrected chi connectivity index (χ3v) is 4.75. The highest BCUT2D eigenvalue weighted by Crippen LogP contribution is 2.30. The highest BCUT2D eigenvalue weighted by atomic mass is 79.9. The van der Waals surface area contributed by atoms with Gasteiger partial charge in [0.1, 0.15) is 5.82 Å². The van der Waals surface area contributed by atoms with Crippen LogP contribution in [0.3, 0.4) is 0 Å². The molecule has 0 radical (unpaired) electrons. The van der Waals surface area contributed by atoms with Crippen LogP contribution in [0, 0.1) is 5.82 Å². The molecule has 0 saturated carbocycles. The summed E-state index contributed by atoms with van der Waals surface area (Å²) in [7, 11) is 0. The number of hydrogen-bond acceptors (Lipinski definition) is 3. The summed E-state index contributed by atoms with van der Waals surface area (Å²) in [5.74, 6) is -0.366. The molecule has 1 aliphatic heterocycles. The summed E-state index contributed by atoms with van der Waals surface area (Å²) >= 11 is 3.21. The summed E-state index contributed by atoms with van der Waals surface area (Å²) in [5, 5.41) is 0.760. The van der Waals surface area contributed by atoms with Crippen LogP contribution in [-0.2, 0) is 4.74 Å². The number of rotatable bonds is 1. The number of H-pyrrole nitrogens is 1. The van der Waals surface area contributed by atoms with Crippen molar-refractivity contribution in [1.82, 2.24) is 14.5 Å². The van der Waals surface area contributed by atoms with Crippen LogP contribution in [0.1, 0.15) is 18.9 Å². The van der Waals surface area contributed by atoms with E-state index in [2.05, 4.69) is 25.9 Å². The third kappa shape index (κ3) is 2.07. The van der Waals surface area contributed by atoms with Crippen molar-refractivity contribution in [3.05, 3.63) is 39.1 Å². The Labute approximate surface area is 133 Å². The Bertz CT molecular complexity index is 928. The quantitative estimate of drug-likeness (QED) is 0.720. The van der Waals surface area contributed by atoms with Crippen molar-refractivity contribution in [2.75, 3.05) is 13.2 Å². The summed E-state index contributed by atoms with van der Waals surface area (Å²) in [6, 6.07) is 3.15. The van der Waals surface area contributed by atoms with Crippen LogP contribution < -0.4 is 5.69 Å². The number of hydrogen-bond donors (Lipinski definition) is 1. The fraction of sp³-hybridized carbons (Fsp3) is 0.333. The lowest BCUT2D eigenvalue weighted by atomic mass is 10.1. The molecule has 114 valence electrons. The molecule has 0 unspecified atom stereocenters.